The summed E-state index contributed by atoms with van der Waals surface area (Å²) in [6.07, 6.45) is 2.84. The molecule has 0 aliphatic carbocycles. The number of hydrogen-bond donors (Lipinski definition) is 2. The zero-order chi connectivity index (χ0) is 25.7. The molecule has 4 rings (SSSR count). The van der Waals surface area contributed by atoms with Crippen molar-refractivity contribution >= 4 is 5.97 Å². The Morgan fingerprint density at radius 3 is 2.28 bits per heavy atom. The van der Waals surface area contributed by atoms with Gasteiger partial charge in [0.1, 0.15) is 17.1 Å². The lowest BCUT2D eigenvalue weighted by Gasteiger charge is -2.24. The highest BCUT2D eigenvalue weighted by atomic mass is 16.4. The normalized spacial score (nSPS) is 13.6. The van der Waals surface area contributed by atoms with Crippen LogP contribution in [-0.2, 0) is 18.6 Å². The van der Waals surface area contributed by atoms with Crippen molar-refractivity contribution in [3.63, 3.8) is 0 Å². The first kappa shape index (κ1) is 25.4. The number of nitrogens with zero attached hydrogens (tertiary/aromatic N) is 6. The van der Waals surface area contributed by atoms with Crippen molar-refractivity contribution < 1.29 is 15.0 Å². The zero-order valence-corrected chi connectivity index (χ0v) is 20.9. The summed E-state index contributed by atoms with van der Waals surface area (Å²) in [5.41, 5.74) is 2.90. The molecule has 36 heavy (non-hydrogen) atoms. The van der Waals surface area contributed by atoms with Gasteiger partial charge >= 0.3 is 5.97 Å². The summed E-state index contributed by atoms with van der Waals surface area (Å²) in [5, 5.41) is 36.7. The van der Waals surface area contributed by atoms with E-state index >= 15 is 0 Å². The molecule has 2 aromatic carbocycles. The van der Waals surface area contributed by atoms with Gasteiger partial charge in [-0.2, -0.15) is 0 Å². The topological polar surface area (TPSA) is 125 Å². The zero-order valence-electron chi connectivity index (χ0n) is 20.9. The molecule has 1 aliphatic rings. The highest BCUT2D eigenvalue weighted by Gasteiger charge is 2.36. The van der Waals surface area contributed by atoms with Crippen LogP contribution in [0.2, 0.25) is 0 Å². The fourth-order valence-electron chi connectivity index (χ4n) is 4.57. The second-order valence-electron chi connectivity index (χ2n) is 9.03. The molecule has 0 radical (unpaired) electrons. The Labute approximate surface area is 210 Å². The summed E-state index contributed by atoms with van der Waals surface area (Å²) in [6.45, 7) is 6.14. The van der Waals surface area contributed by atoms with Crippen LogP contribution in [-0.4, -0.2) is 25.7 Å². The molecule has 1 aromatic heterocycles. The van der Waals surface area contributed by atoms with Gasteiger partial charge in [-0.3, -0.25) is 0 Å². The first-order valence-electron chi connectivity index (χ1n) is 12.5. The van der Waals surface area contributed by atoms with E-state index in [4.69, 9.17) is 4.98 Å². The minimum absolute atomic E-state index is 0.0682. The molecule has 9 heteroatoms. The highest BCUT2D eigenvalue weighted by molar-refractivity contribution is 5.87. The van der Waals surface area contributed by atoms with Crippen LogP contribution in [0.3, 0.4) is 0 Å². The van der Waals surface area contributed by atoms with E-state index in [1.54, 1.807) is 4.57 Å². The van der Waals surface area contributed by atoms with E-state index in [0.29, 0.717) is 31.6 Å². The molecule has 0 fully saturated rings. The minimum atomic E-state index is -1.28. The van der Waals surface area contributed by atoms with Gasteiger partial charge in [-0.15, -0.1) is 10.2 Å². The quantitative estimate of drug-likeness (QED) is 0.320. The summed E-state index contributed by atoms with van der Waals surface area (Å²) in [6, 6.07) is 15.9. The number of hydrogen-bond acceptors (Lipinski definition) is 7. The second-order valence-corrected chi connectivity index (χ2v) is 9.03. The van der Waals surface area contributed by atoms with Gasteiger partial charge in [-0.05, 0) is 46.4 Å². The van der Waals surface area contributed by atoms with E-state index in [1.807, 2.05) is 62.4 Å². The molecule has 2 N–H and O–H groups in total. The fraction of sp³-hybridized carbons (Fsp3) is 0.407. The van der Waals surface area contributed by atoms with Crippen molar-refractivity contribution in [1.29, 1.82) is 0 Å². The van der Waals surface area contributed by atoms with E-state index in [1.165, 1.54) is 0 Å². The third-order valence-electron chi connectivity index (χ3n) is 6.82. The standard InChI is InChI=1S/C27H32N6O3/c1-4-7-12-22-28-24(27(36,5-2)6-3)23(26(34)35)33(22)17-18-13-15-19(16-14-18)20-10-8-9-11-21(20)25-29-31-32-30-25/h8-11,13-16,25,36H,4-7,12,17H2,1-3H3,(H,34,35). The molecule has 9 nitrogen and oxygen atoms in total. The number of unbranched alkanes of at least 4 members (excludes halogenated alkanes) is 1. The Morgan fingerprint density at radius 1 is 1.00 bits per heavy atom. The van der Waals surface area contributed by atoms with Crippen LogP contribution in [0.4, 0.5) is 0 Å². The van der Waals surface area contributed by atoms with Gasteiger partial charge in [0.25, 0.3) is 0 Å². The molecule has 0 saturated heterocycles. The van der Waals surface area contributed by atoms with Gasteiger partial charge in [0, 0.05) is 18.5 Å². The van der Waals surface area contributed by atoms with Gasteiger partial charge in [-0.1, -0.05) is 75.7 Å². The van der Waals surface area contributed by atoms with Crippen molar-refractivity contribution in [3.8, 4) is 11.1 Å². The summed E-state index contributed by atoms with van der Waals surface area (Å²) < 4.78 is 1.76. The molecule has 2 heterocycles. The summed E-state index contributed by atoms with van der Waals surface area (Å²) in [5.74, 6) is -0.387. The van der Waals surface area contributed by atoms with Crippen LogP contribution in [0.25, 0.3) is 11.1 Å². The third-order valence-corrected chi connectivity index (χ3v) is 6.82. The molecule has 0 saturated carbocycles. The summed E-state index contributed by atoms with van der Waals surface area (Å²) >= 11 is 0. The lowest BCUT2D eigenvalue weighted by molar-refractivity contribution is 0.0218. The van der Waals surface area contributed by atoms with Gasteiger partial charge in [0.15, 0.2) is 5.69 Å². The lowest BCUT2D eigenvalue weighted by Crippen LogP contribution is -2.27. The predicted molar refractivity (Wildman–Crippen MR) is 136 cm³/mol. The molecule has 1 aliphatic heterocycles. The Kier molecular flexibility index (Phi) is 7.69. The average molecular weight is 489 g/mol. The Bertz CT molecular complexity index is 1260. The van der Waals surface area contributed by atoms with E-state index in [-0.39, 0.29) is 11.4 Å². The van der Waals surface area contributed by atoms with Gasteiger partial charge < -0.3 is 14.8 Å². The van der Waals surface area contributed by atoms with Crippen LogP contribution < -0.4 is 0 Å². The van der Waals surface area contributed by atoms with E-state index in [0.717, 1.165) is 35.1 Å². The molecule has 3 aromatic rings. The Morgan fingerprint density at radius 2 is 1.67 bits per heavy atom. The Balaban J connectivity index is 1.70. The number of imidazole rings is 1. The lowest BCUT2D eigenvalue weighted by atomic mass is 9.92. The monoisotopic (exact) mass is 488 g/mol. The summed E-state index contributed by atoms with van der Waals surface area (Å²) in [7, 11) is 0. The SMILES string of the molecule is CCCCc1nc(C(O)(CC)CC)c(C(=O)O)n1Cc1ccc(-c2ccccc2C2N=NN=N2)cc1. The number of aryl methyl sites for hydroxylation is 1. The van der Waals surface area contributed by atoms with Crippen molar-refractivity contribution in [2.75, 3.05) is 0 Å². The third kappa shape index (κ3) is 4.97. The molecular formula is C27H32N6O3. The Hall–Kier alpha value is -3.72. The molecule has 188 valence electrons. The molecule has 0 unspecified atom stereocenters. The number of benzene rings is 2. The molecule has 0 amide bonds. The van der Waals surface area contributed by atoms with Gasteiger partial charge in [0.05, 0.1) is 0 Å². The second kappa shape index (κ2) is 10.9. The van der Waals surface area contributed by atoms with E-state index in [9.17, 15) is 15.0 Å². The van der Waals surface area contributed by atoms with Gasteiger partial charge in [-0.25, -0.2) is 9.78 Å². The molecule has 0 bridgehead atoms. The largest absolute Gasteiger partial charge is 0.477 e. The number of aromatic nitrogens is 2. The van der Waals surface area contributed by atoms with E-state index in [2.05, 4.69) is 27.6 Å². The van der Waals surface area contributed by atoms with Gasteiger partial charge in [0.2, 0.25) is 6.17 Å². The maximum atomic E-state index is 12.4. The first-order chi connectivity index (χ1) is 17.4. The van der Waals surface area contributed by atoms with Crippen molar-refractivity contribution in [2.24, 2.45) is 20.7 Å². The van der Waals surface area contributed by atoms with Crippen LogP contribution in [0.1, 0.15) is 85.8 Å². The summed E-state index contributed by atoms with van der Waals surface area (Å²) in [4.78, 5) is 17.1. The van der Waals surface area contributed by atoms with Crippen molar-refractivity contribution in [2.45, 2.75) is 71.2 Å². The first-order valence-corrected chi connectivity index (χ1v) is 12.5. The van der Waals surface area contributed by atoms with E-state index < -0.39 is 17.7 Å². The number of carboxylic acid groups (broad SMARTS) is 1. The van der Waals surface area contributed by atoms with Crippen molar-refractivity contribution in [1.82, 2.24) is 9.55 Å². The number of aromatic carboxylic acids is 1. The van der Waals surface area contributed by atoms with Crippen molar-refractivity contribution in [3.05, 3.63) is 76.9 Å². The highest BCUT2D eigenvalue weighted by Crippen LogP contribution is 2.34. The van der Waals surface area contributed by atoms with Crippen LogP contribution in [0.15, 0.2) is 69.2 Å². The number of aliphatic hydroxyl groups is 1. The predicted octanol–water partition coefficient (Wildman–Crippen LogP) is 6.48. The smallest absolute Gasteiger partial charge is 0.354 e. The van der Waals surface area contributed by atoms with Crippen LogP contribution >= 0.6 is 0 Å². The maximum absolute atomic E-state index is 12.4. The fourth-order valence-corrected chi connectivity index (χ4v) is 4.57. The average Bonchev–Trinajstić information content (AvgIpc) is 3.56. The number of carbonyl (C=O) groups is 1. The number of rotatable bonds is 11. The minimum Gasteiger partial charge on any atom is -0.477 e. The molecule has 0 spiro atoms. The number of carboxylic acids is 1. The maximum Gasteiger partial charge on any atom is 0.354 e. The van der Waals surface area contributed by atoms with Crippen LogP contribution in [0, 0.1) is 0 Å². The van der Waals surface area contributed by atoms with Crippen LogP contribution in [0.5, 0.6) is 0 Å². The molecular weight excluding hydrogens is 456 g/mol. The molecule has 0 atom stereocenters.